The molecule has 0 atom stereocenters. The van der Waals surface area contributed by atoms with E-state index in [0.29, 0.717) is 22.4 Å². The first-order valence-corrected chi connectivity index (χ1v) is 7.70. The number of hydrogen-bond acceptors (Lipinski definition) is 4. The minimum absolute atomic E-state index is 0.119. The third kappa shape index (κ3) is 3.45. The molecule has 0 fully saturated rings. The molecule has 0 saturated heterocycles. The number of nitrogens with one attached hydrogen (secondary N) is 1. The summed E-state index contributed by atoms with van der Waals surface area (Å²) in [6, 6.07) is 5.49. The number of rotatable bonds is 5. The van der Waals surface area contributed by atoms with Crippen LogP contribution in [0.15, 0.2) is 18.2 Å². The fraction of sp³-hybridized carbons (Fsp3) is 0.316. The average Bonchev–Trinajstić information content (AvgIpc) is 2.79. The van der Waals surface area contributed by atoms with Crippen molar-refractivity contribution in [1.29, 1.82) is 0 Å². The molecule has 0 aliphatic carbocycles. The summed E-state index contributed by atoms with van der Waals surface area (Å²) < 4.78 is 5.13. The number of aryl methyl sites for hydroxylation is 3. The van der Waals surface area contributed by atoms with E-state index in [4.69, 9.17) is 4.74 Å². The zero-order valence-corrected chi connectivity index (χ0v) is 14.6. The van der Waals surface area contributed by atoms with E-state index in [1.165, 1.54) is 6.92 Å². The number of aromatic amines is 1. The van der Waals surface area contributed by atoms with Crippen molar-refractivity contribution in [3.8, 4) is 0 Å². The lowest BCUT2D eigenvalue weighted by atomic mass is 10.0. The van der Waals surface area contributed by atoms with Crippen molar-refractivity contribution in [1.82, 2.24) is 4.98 Å². The van der Waals surface area contributed by atoms with Crippen LogP contribution in [0.5, 0.6) is 0 Å². The molecule has 1 aromatic carbocycles. The van der Waals surface area contributed by atoms with Gasteiger partial charge < -0.3 is 9.72 Å². The van der Waals surface area contributed by atoms with Crippen LogP contribution in [0.25, 0.3) is 0 Å². The highest BCUT2D eigenvalue weighted by Crippen LogP contribution is 2.19. The second-order valence-corrected chi connectivity index (χ2v) is 6.00. The van der Waals surface area contributed by atoms with Gasteiger partial charge in [0.1, 0.15) is 5.69 Å². The van der Waals surface area contributed by atoms with Gasteiger partial charge in [-0.3, -0.25) is 9.59 Å². The van der Waals surface area contributed by atoms with Gasteiger partial charge in [-0.25, -0.2) is 4.79 Å². The third-order valence-corrected chi connectivity index (χ3v) is 4.01. The van der Waals surface area contributed by atoms with E-state index < -0.39 is 5.97 Å². The van der Waals surface area contributed by atoms with Gasteiger partial charge in [0.15, 0.2) is 12.4 Å². The maximum Gasteiger partial charge on any atom is 0.355 e. The zero-order chi connectivity index (χ0) is 18.0. The predicted octanol–water partition coefficient (Wildman–Crippen LogP) is 3.49. The third-order valence-electron chi connectivity index (χ3n) is 4.01. The molecule has 5 nitrogen and oxygen atoms in total. The van der Waals surface area contributed by atoms with Gasteiger partial charge in [-0.1, -0.05) is 23.8 Å². The number of H-pyrrole nitrogens is 1. The molecular formula is C19H21NO4. The van der Waals surface area contributed by atoms with Crippen LogP contribution >= 0.6 is 0 Å². The van der Waals surface area contributed by atoms with Crippen LogP contribution < -0.4 is 0 Å². The molecule has 126 valence electrons. The topological polar surface area (TPSA) is 76.2 Å². The van der Waals surface area contributed by atoms with Gasteiger partial charge in [-0.2, -0.15) is 0 Å². The van der Waals surface area contributed by atoms with Gasteiger partial charge in [-0.15, -0.1) is 0 Å². The highest BCUT2D eigenvalue weighted by molar-refractivity contribution is 6.03. The van der Waals surface area contributed by atoms with Crippen LogP contribution in [0, 0.1) is 27.7 Å². The van der Waals surface area contributed by atoms with Gasteiger partial charge >= 0.3 is 5.97 Å². The smallest absolute Gasteiger partial charge is 0.355 e. The van der Waals surface area contributed by atoms with Gasteiger partial charge in [0.2, 0.25) is 5.78 Å². The molecule has 2 rings (SSSR count). The lowest BCUT2D eigenvalue weighted by Gasteiger charge is -2.07. The van der Waals surface area contributed by atoms with Crippen LogP contribution in [0.3, 0.4) is 0 Å². The molecule has 2 aromatic rings. The maximum absolute atomic E-state index is 12.2. The number of benzene rings is 1. The summed E-state index contributed by atoms with van der Waals surface area (Å²) in [7, 11) is 0. The summed E-state index contributed by atoms with van der Waals surface area (Å²) >= 11 is 0. The molecular weight excluding hydrogens is 306 g/mol. The molecule has 0 radical (unpaired) electrons. The molecule has 0 saturated carbocycles. The number of hydrogen-bond donors (Lipinski definition) is 1. The number of ether oxygens (including phenoxy) is 1. The van der Waals surface area contributed by atoms with Crippen molar-refractivity contribution in [3.63, 3.8) is 0 Å². The highest BCUT2D eigenvalue weighted by Gasteiger charge is 2.21. The Kier molecular flexibility index (Phi) is 5.02. The lowest BCUT2D eigenvalue weighted by molar-refractivity contribution is 0.0468. The van der Waals surface area contributed by atoms with Crippen LogP contribution in [0.1, 0.15) is 60.5 Å². The molecule has 1 aromatic heterocycles. The Labute approximate surface area is 141 Å². The predicted molar refractivity (Wildman–Crippen MR) is 90.8 cm³/mol. The summed E-state index contributed by atoms with van der Waals surface area (Å²) in [5.41, 5.74) is 4.32. The standard InChI is InChI=1S/C19H21NO4/c1-10-6-7-15(11(2)8-10)16(22)9-24-19(23)18-12(3)17(14(5)21)13(4)20-18/h6-8,20H,9H2,1-5H3. The van der Waals surface area contributed by atoms with Gasteiger partial charge in [-0.05, 0) is 45.7 Å². The molecule has 0 unspecified atom stereocenters. The Balaban J connectivity index is 2.12. The summed E-state index contributed by atoms with van der Waals surface area (Å²) in [5.74, 6) is -1.01. The summed E-state index contributed by atoms with van der Waals surface area (Å²) in [6.07, 6.45) is 0. The SMILES string of the molecule is CC(=O)c1c(C)[nH]c(C(=O)OCC(=O)c2ccc(C)cc2C)c1C. The minimum Gasteiger partial charge on any atom is -0.453 e. The first kappa shape index (κ1) is 17.7. The van der Waals surface area contributed by atoms with Gasteiger partial charge in [0.05, 0.1) is 0 Å². The highest BCUT2D eigenvalue weighted by atomic mass is 16.5. The fourth-order valence-electron chi connectivity index (χ4n) is 2.89. The molecule has 5 heteroatoms. The number of aromatic nitrogens is 1. The Hall–Kier alpha value is -2.69. The molecule has 0 spiro atoms. The molecule has 1 heterocycles. The summed E-state index contributed by atoms with van der Waals surface area (Å²) in [5, 5.41) is 0. The monoisotopic (exact) mass is 327 g/mol. The van der Waals surface area contributed by atoms with E-state index in [2.05, 4.69) is 4.98 Å². The van der Waals surface area contributed by atoms with Crippen molar-refractivity contribution in [2.75, 3.05) is 6.61 Å². The molecule has 1 N–H and O–H groups in total. The van der Waals surface area contributed by atoms with Crippen LogP contribution in [0.2, 0.25) is 0 Å². The van der Waals surface area contributed by atoms with E-state index >= 15 is 0 Å². The fourth-order valence-corrected chi connectivity index (χ4v) is 2.89. The number of esters is 1. The van der Waals surface area contributed by atoms with E-state index in [1.54, 1.807) is 19.9 Å². The van der Waals surface area contributed by atoms with Crippen molar-refractivity contribution in [2.24, 2.45) is 0 Å². The van der Waals surface area contributed by atoms with E-state index in [-0.39, 0.29) is 23.9 Å². The first-order chi connectivity index (χ1) is 11.2. The Bertz CT molecular complexity index is 830. The van der Waals surface area contributed by atoms with E-state index in [1.807, 2.05) is 26.0 Å². The van der Waals surface area contributed by atoms with Crippen molar-refractivity contribution in [3.05, 3.63) is 57.4 Å². The summed E-state index contributed by atoms with van der Waals surface area (Å²) in [6.45, 7) is 8.31. The molecule has 0 aliphatic rings. The number of ketones is 2. The second-order valence-electron chi connectivity index (χ2n) is 6.00. The van der Waals surface area contributed by atoms with Crippen molar-refractivity contribution >= 4 is 17.5 Å². The molecule has 0 amide bonds. The Morgan fingerprint density at radius 1 is 1.08 bits per heavy atom. The minimum atomic E-state index is -0.638. The van der Waals surface area contributed by atoms with E-state index in [9.17, 15) is 14.4 Å². The first-order valence-electron chi connectivity index (χ1n) is 7.70. The maximum atomic E-state index is 12.2. The van der Waals surface area contributed by atoms with Crippen molar-refractivity contribution < 1.29 is 19.1 Å². The Morgan fingerprint density at radius 2 is 1.75 bits per heavy atom. The largest absolute Gasteiger partial charge is 0.453 e. The number of carbonyl (C=O) groups is 3. The molecule has 24 heavy (non-hydrogen) atoms. The second kappa shape index (κ2) is 6.83. The van der Waals surface area contributed by atoms with Crippen LogP contribution in [0.4, 0.5) is 0 Å². The molecule has 0 aliphatic heterocycles. The lowest BCUT2D eigenvalue weighted by Crippen LogP contribution is -2.16. The van der Waals surface area contributed by atoms with Crippen molar-refractivity contribution in [2.45, 2.75) is 34.6 Å². The van der Waals surface area contributed by atoms with Crippen LogP contribution in [-0.2, 0) is 4.74 Å². The van der Waals surface area contributed by atoms with E-state index in [0.717, 1.165) is 11.1 Å². The number of Topliss-reactive ketones (excluding diaryl/α,β-unsaturated/α-hetero) is 2. The average molecular weight is 327 g/mol. The zero-order valence-electron chi connectivity index (χ0n) is 14.6. The summed E-state index contributed by atoms with van der Waals surface area (Å²) in [4.78, 5) is 38.9. The number of carbonyl (C=O) groups excluding carboxylic acids is 3. The quantitative estimate of drug-likeness (QED) is 0.673. The van der Waals surface area contributed by atoms with Crippen LogP contribution in [-0.4, -0.2) is 29.1 Å². The van der Waals surface area contributed by atoms with Gasteiger partial charge in [0, 0.05) is 16.8 Å². The molecule has 0 bridgehead atoms. The van der Waals surface area contributed by atoms with Gasteiger partial charge in [0.25, 0.3) is 0 Å². The Morgan fingerprint density at radius 3 is 2.29 bits per heavy atom. The normalized spacial score (nSPS) is 10.5.